The lowest BCUT2D eigenvalue weighted by Crippen LogP contribution is -2.31. The van der Waals surface area contributed by atoms with E-state index in [1.54, 1.807) is 18.2 Å². The summed E-state index contributed by atoms with van der Waals surface area (Å²) in [4.78, 5) is 25.9. The third-order valence-electron chi connectivity index (χ3n) is 3.46. The fourth-order valence-corrected chi connectivity index (χ4v) is 2.67. The predicted octanol–water partition coefficient (Wildman–Crippen LogP) is 0.648. The molecule has 0 saturated carbocycles. The molecule has 1 aromatic rings. The van der Waals surface area contributed by atoms with Crippen molar-refractivity contribution in [1.82, 2.24) is 4.90 Å². The molecule has 0 aliphatic carbocycles. The molecule has 24 heavy (non-hydrogen) atoms. The fraction of sp³-hybridized carbons (Fsp3) is 0.267. The summed E-state index contributed by atoms with van der Waals surface area (Å²) in [6.45, 7) is -0.0810. The molecule has 1 aliphatic heterocycles. The van der Waals surface area contributed by atoms with Gasteiger partial charge in [-0.3, -0.25) is 4.79 Å². The number of amides is 1. The molecule has 1 amide bonds. The second-order valence-corrected chi connectivity index (χ2v) is 5.85. The topological polar surface area (TPSA) is 105 Å². The van der Waals surface area contributed by atoms with E-state index in [0.717, 1.165) is 0 Å². The van der Waals surface area contributed by atoms with Crippen LogP contribution in [0.1, 0.15) is 5.56 Å². The number of halogens is 1. The van der Waals surface area contributed by atoms with Crippen molar-refractivity contribution in [1.29, 1.82) is 0 Å². The van der Waals surface area contributed by atoms with Crippen LogP contribution in [0.5, 0.6) is 0 Å². The Morgan fingerprint density at radius 3 is 2.83 bits per heavy atom. The molecular formula is C15H16ClN3O4S. The maximum atomic E-state index is 12.5. The summed E-state index contributed by atoms with van der Waals surface area (Å²) in [6.07, 6.45) is 0. The normalized spacial score (nSPS) is 14.1. The van der Waals surface area contributed by atoms with E-state index >= 15 is 0 Å². The number of β-amino-alcohol motifs (C(OH)–C–C–N with tert-alkyl or cyclic N) is 1. The number of nitrogens with zero attached hydrogens (tertiary/aromatic N) is 1. The molecule has 0 bridgehead atoms. The van der Waals surface area contributed by atoms with Gasteiger partial charge in [0, 0.05) is 17.1 Å². The van der Waals surface area contributed by atoms with Crippen LogP contribution >= 0.6 is 23.8 Å². The molecule has 0 atom stereocenters. The van der Waals surface area contributed by atoms with E-state index in [4.69, 9.17) is 39.4 Å². The number of ether oxygens (including phenoxy) is 1. The average molecular weight is 370 g/mol. The van der Waals surface area contributed by atoms with Crippen molar-refractivity contribution in [2.75, 3.05) is 32.1 Å². The van der Waals surface area contributed by atoms with Crippen molar-refractivity contribution >= 4 is 46.4 Å². The lowest BCUT2D eigenvalue weighted by Gasteiger charge is -2.16. The van der Waals surface area contributed by atoms with E-state index in [-0.39, 0.29) is 36.0 Å². The number of hydrogen-bond acceptors (Lipinski definition) is 6. The van der Waals surface area contributed by atoms with E-state index in [1.807, 2.05) is 0 Å². The molecule has 1 aliphatic rings. The van der Waals surface area contributed by atoms with E-state index < -0.39 is 11.9 Å². The maximum Gasteiger partial charge on any atom is 0.337 e. The number of nitrogens with one attached hydrogen (secondary N) is 1. The van der Waals surface area contributed by atoms with Gasteiger partial charge in [-0.1, -0.05) is 23.8 Å². The van der Waals surface area contributed by atoms with Gasteiger partial charge in [0.25, 0.3) is 5.91 Å². The van der Waals surface area contributed by atoms with E-state index in [1.165, 1.54) is 12.0 Å². The summed E-state index contributed by atoms with van der Waals surface area (Å²) in [5.74, 6) is -1.07. The first-order valence-electron chi connectivity index (χ1n) is 6.97. The fourth-order valence-electron chi connectivity index (χ4n) is 2.32. The van der Waals surface area contributed by atoms with Crippen molar-refractivity contribution < 1.29 is 19.4 Å². The number of aliphatic hydroxyl groups excluding tert-OH is 1. The van der Waals surface area contributed by atoms with Crippen LogP contribution in [0.2, 0.25) is 5.02 Å². The van der Waals surface area contributed by atoms with Crippen LogP contribution in [0.15, 0.2) is 29.5 Å². The highest BCUT2D eigenvalue weighted by molar-refractivity contribution is 7.80. The van der Waals surface area contributed by atoms with Crippen molar-refractivity contribution in [3.05, 3.63) is 40.1 Å². The Morgan fingerprint density at radius 2 is 2.25 bits per heavy atom. The zero-order valence-corrected chi connectivity index (χ0v) is 14.4. The second kappa shape index (κ2) is 7.61. The smallest absolute Gasteiger partial charge is 0.337 e. The van der Waals surface area contributed by atoms with E-state index in [2.05, 4.69) is 5.32 Å². The van der Waals surface area contributed by atoms with Crippen LogP contribution in [0.3, 0.4) is 0 Å². The first kappa shape index (κ1) is 18.2. The van der Waals surface area contributed by atoms with E-state index in [0.29, 0.717) is 16.3 Å². The van der Waals surface area contributed by atoms with Gasteiger partial charge in [0.15, 0.2) is 0 Å². The number of benzene rings is 1. The Morgan fingerprint density at radius 1 is 1.54 bits per heavy atom. The van der Waals surface area contributed by atoms with Gasteiger partial charge >= 0.3 is 5.97 Å². The molecular weight excluding hydrogens is 354 g/mol. The van der Waals surface area contributed by atoms with Crippen molar-refractivity contribution in [2.45, 2.75) is 0 Å². The highest BCUT2D eigenvalue weighted by Gasteiger charge is 2.34. The van der Waals surface area contributed by atoms with Crippen molar-refractivity contribution in [3.8, 4) is 0 Å². The molecule has 1 aromatic carbocycles. The number of carbonyl (C=O) groups excluding carboxylic acids is 2. The highest BCUT2D eigenvalue weighted by atomic mass is 35.5. The summed E-state index contributed by atoms with van der Waals surface area (Å²) in [6, 6.07) is 4.79. The van der Waals surface area contributed by atoms with Crippen LogP contribution < -0.4 is 11.1 Å². The molecule has 0 spiro atoms. The van der Waals surface area contributed by atoms with Gasteiger partial charge in [-0.25, -0.2) is 4.79 Å². The maximum absolute atomic E-state index is 12.5. The largest absolute Gasteiger partial charge is 0.466 e. The predicted molar refractivity (Wildman–Crippen MR) is 93.7 cm³/mol. The second-order valence-electron chi connectivity index (χ2n) is 4.97. The number of rotatable bonds is 6. The Balaban J connectivity index is 2.44. The number of aliphatic hydroxyl groups is 1. The van der Waals surface area contributed by atoms with Gasteiger partial charge in [-0.2, -0.15) is 0 Å². The van der Waals surface area contributed by atoms with Gasteiger partial charge in [-0.05, 0) is 18.2 Å². The molecule has 0 saturated heterocycles. The monoisotopic (exact) mass is 369 g/mol. The first-order valence-corrected chi connectivity index (χ1v) is 7.75. The molecule has 0 unspecified atom stereocenters. The number of esters is 1. The van der Waals surface area contributed by atoms with Gasteiger partial charge < -0.3 is 25.8 Å². The summed E-state index contributed by atoms with van der Waals surface area (Å²) >= 11 is 11.0. The Kier molecular flexibility index (Phi) is 5.76. The number of anilines is 1. The summed E-state index contributed by atoms with van der Waals surface area (Å²) in [5, 5.41) is 12.4. The molecule has 4 N–H and O–H groups in total. The Bertz CT molecular complexity index is 735. The van der Waals surface area contributed by atoms with Gasteiger partial charge in [0.1, 0.15) is 10.7 Å². The standard InChI is InChI=1S/C15H16ClN3O4S/c1-23-15(22)10-7-19(4-5-20)14(21)12(10)18-11-6-8(16)2-3-9(11)13(17)24/h2-3,6,18,20H,4-5,7H2,1H3,(H2,17,24). The average Bonchev–Trinajstić information content (AvgIpc) is 2.84. The van der Waals surface area contributed by atoms with Crippen molar-refractivity contribution in [2.24, 2.45) is 5.73 Å². The quantitative estimate of drug-likeness (QED) is 0.499. The van der Waals surface area contributed by atoms with Crippen LogP contribution in [-0.2, 0) is 14.3 Å². The minimum atomic E-state index is -0.634. The summed E-state index contributed by atoms with van der Waals surface area (Å²) < 4.78 is 4.72. The number of thiocarbonyl (C=S) groups is 1. The molecule has 0 radical (unpaired) electrons. The molecule has 0 fully saturated rings. The summed E-state index contributed by atoms with van der Waals surface area (Å²) in [5.41, 5.74) is 6.78. The minimum Gasteiger partial charge on any atom is -0.466 e. The van der Waals surface area contributed by atoms with Crippen LogP contribution in [0, 0.1) is 0 Å². The van der Waals surface area contributed by atoms with Crippen LogP contribution in [0.4, 0.5) is 5.69 Å². The summed E-state index contributed by atoms with van der Waals surface area (Å²) in [7, 11) is 1.23. The van der Waals surface area contributed by atoms with Crippen LogP contribution in [0.25, 0.3) is 0 Å². The third-order valence-corrected chi connectivity index (χ3v) is 3.92. The van der Waals surface area contributed by atoms with Gasteiger partial charge in [-0.15, -0.1) is 0 Å². The molecule has 7 nitrogen and oxygen atoms in total. The zero-order valence-electron chi connectivity index (χ0n) is 12.8. The first-order chi connectivity index (χ1) is 11.4. The molecule has 2 rings (SSSR count). The zero-order chi connectivity index (χ0) is 17.9. The van der Waals surface area contributed by atoms with Gasteiger partial charge in [0.2, 0.25) is 0 Å². The van der Waals surface area contributed by atoms with Gasteiger partial charge in [0.05, 0.1) is 31.5 Å². The minimum absolute atomic E-state index is 0.0391. The molecule has 0 aromatic heterocycles. The highest BCUT2D eigenvalue weighted by Crippen LogP contribution is 2.27. The van der Waals surface area contributed by atoms with E-state index in [9.17, 15) is 9.59 Å². The SMILES string of the molecule is COC(=O)C1=C(Nc2cc(Cl)ccc2C(N)=S)C(=O)N(CCO)C1. The number of methoxy groups -OCH3 is 1. The lowest BCUT2D eigenvalue weighted by molar-refractivity contribution is -0.136. The molecule has 128 valence electrons. The Labute approximate surface area is 149 Å². The number of nitrogens with two attached hydrogens (primary N) is 1. The number of hydrogen-bond donors (Lipinski definition) is 3. The lowest BCUT2D eigenvalue weighted by atomic mass is 10.1. The molecule has 9 heteroatoms. The van der Waals surface area contributed by atoms with Crippen molar-refractivity contribution in [3.63, 3.8) is 0 Å². The Hall–Kier alpha value is -2.16. The molecule has 1 heterocycles. The number of carbonyl (C=O) groups is 2. The van der Waals surface area contributed by atoms with Crippen LogP contribution in [-0.4, -0.2) is 53.7 Å². The third kappa shape index (κ3) is 3.66.